The first-order valence-electron chi connectivity index (χ1n) is 6.62. The lowest BCUT2D eigenvalue weighted by Crippen LogP contribution is -2.53. The molecular weight excluding hydrogens is 184 g/mol. The molecule has 1 fully saturated rings. The van der Waals surface area contributed by atoms with Crippen molar-refractivity contribution in [1.29, 1.82) is 0 Å². The minimum absolute atomic E-state index is 0.313. The van der Waals surface area contributed by atoms with Crippen LogP contribution in [-0.4, -0.2) is 30.6 Å². The molecule has 1 saturated carbocycles. The summed E-state index contributed by atoms with van der Waals surface area (Å²) in [6, 6.07) is 0. The Hall–Kier alpha value is -0.0800. The van der Waals surface area contributed by atoms with Crippen LogP contribution in [0.2, 0.25) is 0 Å². The van der Waals surface area contributed by atoms with E-state index in [0.29, 0.717) is 5.54 Å². The number of nitrogens with zero attached hydrogens (tertiary/aromatic N) is 1. The lowest BCUT2D eigenvalue weighted by Gasteiger charge is -2.41. The Kier molecular flexibility index (Phi) is 5.07. The molecule has 0 radical (unpaired) electrons. The van der Waals surface area contributed by atoms with E-state index in [2.05, 4.69) is 25.8 Å². The molecule has 0 aromatic rings. The first kappa shape index (κ1) is 13.0. The van der Waals surface area contributed by atoms with Gasteiger partial charge in [0.05, 0.1) is 0 Å². The second kappa shape index (κ2) is 5.86. The van der Waals surface area contributed by atoms with E-state index in [9.17, 15) is 0 Å². The van der Waals surface area contributed by atoms with Gasteiger partial charge < -0.3 is 5.73 Å². The Balaban J connectivity index is 2.46. The average molecular weight is 212 g/mol. The summed E-state index contributed by atoms with van der Waals surface area (Å²) in [5.41, 5.74) is 6.34. The summed E-state index contributed by atoms with van der Waals surface area (Å²) in [5.74, 6) is 0.874. The second-order valence-electron chi connectivity index (χ2n) is 5.06. The van der Waals surface area contributed by atoms with Crippen LogP contribution in [0.25, 0.3) is 0 Å². The molecule has 1 atom stereocenters. The molecule has 2 heteroatoms. The fraction of sp³-hybridized carbons (Fsp3) is 1.00. The highest BCUT2D eigenvalue weighted by Crippen LogP contribution is 2.44. The Morgan fingerprint density at radius 1 is 1.27 bits per heavy atom. The molecule has 90 valence electrons. The fourth-order valence-electron chi connectivity index (χ4n) is 2.78. The van der Waals surface area contributed by atoms with E-state index in [1.807, 2.05) is 0 Å². The maximum absolute atomic E-state index is 6.02. The molecule has 1 rings (SSSR count). The number of hydrogen-bond acceptors (Lipinski definition) is 2. The molecule has 2 N–H and O–H groups in total. The molecule has 1 aliphatic carbocycles. The summed E-state index contributed by atoms with van der Waals surface area (Å²) < 4.78 is 0. The van der Waals surface area contributed by atoms with E-state index in [1.165, 1.54) is 45.1 Å². The van der Waals surface area contributed by atoms with Crippen molar-refractivity contribution in [3.05, 3.63) is 0 Å². The van der Waals surface area contributed by atoms with Crippen LogP contribution in [0.5, 0.6) is 0 Å². The van der Waals surface area contributed by atoms with E-state index in [-0.39, 0.29) is 0 Å². The topological polar surface area (TPSA) is 29.3 Å². The molecule has 0 heterocycles. The zero-order valence-corrected chi connectivity index (χ0v) is 10.8. The van der Waals surface area contributed by atoms with Crippen molar-refractivity contribution in [2.45, 2.75) is 57.9 Å². The van der Waals surface area contributed by atoms with Gasteiger partial charge in [-0.2, -0.15) is 0 Å². The van der Waals surface area contributed by atoms with E-state index < -0.39 is 0 Å². The molecule has 0 bridgehead atoms. The van der Waals surface area contributed by atoms with Crippen molar-refractivity contribution < 1.29 is 0 Å². The lowest BCUT2D eigenvalue weighted by atomic mass is 9.88. The minimum atomic E-state index is 0.313. The largest absolute Gasteiger partial charge is 0.329 e. The van der Waals surface area contributed by atoms with E-state index in [0.717, 1.165) is 12.5 Å². The van der Waals surface area contributed by atoms with Crippen molar-refractivity contribution in [3.8, 4) is 0 Å². The molecule has 0 spiro atoms. The Morgan fingerprint density at radius 3 is 2.33 bits per heavy atom. The summed E-state index contributed by atoms with van der Waals surface area (Å²) >= 11 is 0. The van der Waals surface area contributed by atoms with Crippen LogP contribution < -0.4 is 5.73 Å². The van der Waals surface area contributed by atoms with Gasteiger partial charge in [-0.25, -0.2) is 0 Å². The lowest BCUT2D eigenvalue weighted by molar-refractivity contribution is 0.0946. The number of rotatable bonds is 8. The van der Waals surface area contributed by atoms with E-state index >= 15 is 0 Å². The summed E-state index contributed by atoms with van der Waals surface area (Å²) in [4.78, 5) is 2.54. The number of hydrogen-bond donors (Lipinski definition) is 1. The third kappa shape index (κ3) is 2.94. The highest BCUT2D eigenvalue weighted by molar-refractivity contribution is 5.01. The van der Waals surface area contributed by atoms with Crippen molar-refractivity contribution in [1.82, 2.24) is 4.90 Å². The molecule has 0 amide bonds. The monoisotopic (exact) mass is 212 g/mol. The molecule has 1 unspecified atom stereocenters. The predicted molar refractivity (Wildman–Crippen MR) is 67.0 cm³/mol. The average Bonchev–Trinajstić information content (AvgIpc) is 3.05. The first-order valence-corrected chi connectivity index (χ1v) is 6.62. The quantitative estimate of drug-likeness (QED) is 0.627. The van der Waals surface area contributed by atoms with Gasteiger partial charge in [-0.1, -0.05) is 26.7 Å². The fourth-order valence-corrected chi connectivity index (χ4v) is 2.78. The maximum Gasteiger partial charge on any atom is 0.0354 e. The van der Waals surface area contributed by atoms with Gasteiger partial charge in [-0.05, 0) is 45.2 Å². The normalized spacial score (nSPS) is 20.6. The van der Waals surface area contributed by atoms with Crippen molar-refractivity contribution in [3.63, 3.8) is 0 Å². The van der Waals surface area contributed by atoms with Crippen molar-refractivity contribution >= 4 is 0 Å². The van der Waals surface area contributed by atoms with Crippen LogP contribution in [-0.2, 0) is 0 Å². The number of likely N-dealkylation sites (N-methyl/N-ethyl adjacent to an activating group) is 1. The van der Waals surface area contributed by atoms with Crippen LogP contribution >= 0.6 is 0 Å². The van der Waals surface area contributed by atoms with Gasteiger partial charge in [0, 0.05) is 12.1 Å². The second-order valence-corrected chi connectivity index (χ2v) is 5.06. The molecule has 15 heavy (non-hydrogen) atoms. The highest BCUT2D eigenvalue weighted by atomic mass is 15.2. The summed E-state index contributed by atoms with van der Waals surface area (Å²) in [6.45, 7) is 6.60. The van der Waals surface area contributed by atoms with Crippen LogP contribution in [0.3, 0.4) is 0 Å². The van der Waals surface area contributed by atoms with E-state index in [1.54, 1.807) is 0 Å². The molecule has 1 aliphatic rings. The number of unbranched alkanes of at least 4 members (excludes halogenated alkanes) is 2. The first-order chi connectivity index (χ1) is 7.21. The molecular formula is C13H28N2. The summed E-state index contributed by atoms with van der Waals surface area (Å²) in [5, 5.41) is 0. The van der Waals surface area contributed by atoms with E-state index in [4.69, 9.17) is 5.73 Å². The van der Waals surface area contributed by atoms with Crippen molar-refractivity contribution in [2.75, 3.05) is 20.1 Å². The van der Waals surface area contributed by atoms with Gasteiger partial charge in [0.15, 0.2) is 0 Å². The Labute approximate surface area is 95.2 Å². The molecule has 2 nitrogen and oxygen atoms in total. The molecule has 0 aliphatic heterocycles. The molecule has 0 aromatic carbocycles. The van der Waals surface area contributed by atoms with Gasteiger partial charge in [0.2, 0.25) is 0 Å². The van der Waals surface area contributed by atoms with Gasteiger partial charge in [-0.3, -0.25) is 4.90 Å². The SMILES string of the molecule is CCCCCN(C)C(CC)(CN)C1CC1. The standard InChI is InChI=1S/C13H28N2/c1-4-6-7-10-15(3)13(5-2,11-14)12-8-9-12/h12H,4-11,14H2,1-3H3. The Bertz CT molecular complexity index is 171. The predicted octanol–water partition coefficient (Wildman–Crippen LogP) is 2.63. The Morgan fingerprint density at radius 2 is 1.93 bits per heavy atom. The summed E-state index contributed by atoms with van der Waals surface area (Å²) in [6.07, 6.45) is 7.96. The smallest absolute Gasteiger partial charge is 0.0354 e. The van der Waals surface area contributed by atoms with Crippen LogP contribution in [0, 0.1) is 5.92 Å². The van der Waals surface area contributed by atoms with Gasteiger partial charge in [-0.15, -0.1) is 0 Å². The van der Waals surface area contributed by atoms with Gasteiger partial charge >= 0.3 is 0 Å². The van der Waals surface area contributed by atoms with Crippen LogP contribution in [0.15, 0.2) is 0 Å². The van der Waals surface area contributed by atoms with Crippen LogP contribution in [0.1, 0.15) is 52.4 Å². The minimum Gasteiger partial charge on any atom is -0.329 e. The summed E-state index contributed by atoms with van der Waals surface area (Å²) in [7, 11) is 2.27. The maximum atomic E-state index is 6.02. The molecule has 0 aromatic heterocycles. The van der Waals surface area contributed by atoms with Crippen molar-refractivity contribution in [2.24, 2.45) is 11.7 Å². The van der Waals surface area contributed by atoms with Gasteiger partial charge in [0.1, 0.15) is 0 Å². The highest BCUT2D eigenvalue weighted by Gasteiger charge is 2.45. The third-order valence-electron chi connectivity index (χ3n) is 4.16. The third-order valence-corrected chi connectivity index (χ3v) is 4.16. The van der Waals surface area contributed by atoms with Crippen LogP contribution in [0.4, 0.5) is 0 Å². The zero-order valence-electron chi connectivity index (χ0n) is 10.8. The molecule has 0 saturated heterocycles. The zero-order chi connectivity index (χ0) is 11.3. The van der Waals surface area contributed by atoms with Gasteiger partial charge in [0.25, 0.3) is 0 Å². The number of nitrogens with two attached hydrogens (primary N) is 1.